The number of nitrogens with one attached hydrogen (secondary N) is 2. The van der Waals surface area contributed by atoms with Gasteiger partial charge in [0.1, 0.15) is 0 Å². The number of aliphatic hydroxyl groups excluding tert-OH is 1. The fourth-order valence-electron chi connectivity index (χ4n) is 5.72. The summed E-state index contributed by atoms with van der Waals surface area (Å²) in [4.78, 5) is 38.1. The Morgan fingerprint density at radius 3 is 2.76 bits per heavy atom. The summed E-state index contributed by atoms with van der Waals surface area (Å²) in [6.45, 7) is 2.83. The van der Waals surface area contributed by atoms with Crippen LogP contribution in [0.5, 0.6) is 0 Å². The van der Waals surface area contributed by atoms with Gasteiger partial charge in [0.05, 0.1) is 28.8 Å². The summed E-state index contributed by atoms with van der Waals surface area (Å²) in [5.74, 6) is 0.0979. The molecule has 4 heterocycles. The van der Waals surface area contributed by atoms with Crippen molar-refractivity contribution in [3.8, 4) is 0 Å². The number of anilines is 1. The molecule has 0 unspecified atom stereocenters. The smallest absolute Gasteiger partial charge is 0.259 e. The van der Waals surface area contributed by atoms with Crippen molar-refractivity contribution in [3.63, 3.8) is 0 Å². The molecule has 0 aliphatic carbocycles. The molecule has 0 saturated carbocycles. The second-order valence-corrected chi connectivity index (χ2v) is 10.8. The van der Waals surface area contributed by atoms with E-state index in [2.05, 4.69) is 22.2 Å². The second-order valence-electron chi connectivity index (χ2n) is 10.4. The van der Waals surface area contributed by atoms with E-state index in [1.165, 1.54) is 0 Å². The predicted octanol–water partition coefficient (Wildman–Crippen LogP) is 3.90. The standard InChI is InChI=1S/C29H30ClN5O3/c1-34-9-6-21(7-10-34)35-16-19-14-24-18(12-22(19)29(35)38)13-25(33-24)27-23(5-8-31-28(27)37)32-15-26(36)17-3-2-4-20(30)11-17/h2-5,8,11-12,14,21,26,36H,6-7,9-10,13,15-16H2,1H3,(H2,31,32,37)/t26-/m1/s1. The summed E-state index contributed by atoms with van der Waals surface area (Å²) < 4.78 is 0. The number of benzene rings is 2. The van der Waals surface area contributed by atoms with Crippen molar-refractivity contribution >= 4 is 34.6 Å². The number of nitrogens with zero attached hydrogens (tertiary/aromatic N) is 3. The Morgan fingerprint density at radius 2 is 1.97 bits per heavy atom. The Morgan fingerprint density at radius 1 is 1.16 bits per heavy atom. The van der Waals surface area contributed by atoms with Crippen LogP contribution in [0.4, 0.5) is 11.4 Å². The molecular weight excluding hydrogens is 502 g/mol. The number of aliphatic imine (C=N–C) groups is 1. The number of carbonyl (C=O) groups is 1. The number of carbonyl (C=O) groups excluding carboxylic acids is 1. The number of fused-ring (bicyclic) bond motifs is 2. The predicted molar refractivity (Wildman–Crippen MR) is 149 cm³/mol. The molecular formula is C29H30ClN5O3. The molecule has 1 saturated heterocycles. The molecule has 8 nitrogen and oxygen atoms in total. The quantitative estimate of drug-likeness (QED) is 0.448. The first kappa shape index (κ1) is 24.9. The summed E-state index contributed by atoms with van der Waals surface area (Å²) in [5, 5.41) is 14.4. The maximum absolute atomic E-state index is 13.3. The third kappa shape index (κ3) is 4.64. The van der Waals surface area contributed by atoms with Gasteiger partial charge in [-0.05, 0) is 80.0 Å². The lowest BCUT2D eigenvalue weighted by atomic mass is 10.00. The molecule has 38 heavy (non-hydrogen) atoms. The lowest BCUT2D eigenvalue weighted by Gasteiger charge is -2.34. The van der Waals surface area contributed by atoms with Crippen molar-refractivity contribution in [2.75, 3.05) is 32.0 Å². The highest BCUT2D eigenvalue weighted by atomic mass is 35.5. The third-order valence-electron chi connectivity index (χ3n) is 7.85. The molecule has 0 spiro atoms. The van der Waals surface area contributed by atoms with Crippen molar-refractivity contribution in [1.29, 1.82) is 0 Å². The van der Waals surface area contributed by atoms with Crippen LogP contribution in [0.2, 0.25) is 5.02 Å². The molecule has 1 amide bonds. The number of hydrogen-bond donors (Lipinski definition) is 3. The summed E-state index contributed by atoms with van der Waals surface area (Å²) in [5.41, 5.74) is 5.64. The van der Waals surface area contributed by atoms with Crippen LogP contribution in [0.1, 0.15) is 51.6 Å². The minimum atomic E-state index is -0.801. The summed E-state index contributed by atoms with van der Waals surface area (Å²) in [6.07, 6.45) is 3.23. The number of halogens is 1. The zero-order valence-corrected chi connectivity index (χ0v) is 22.0. The number of aromatic amines is 1. The monoisotopic (exact) mass is 531 g/mol. The average molecular weight is 532 g/mol. The van der Waals surface area contributed by atoms with Gasteiger partial charge < -0.3 is 25.2 Å². The largest absolute Gasteiger partial charge is 0.387 e. The molecule has 3 N–H and O–H groups in total. The van der Waals surface area contributed by atoms with Gasteiger partial charge in [-0.25, -0.2) is 0 Å². The van der Waals surface area contributed by atoms with E-state index in [1.807, 2.05) is 23.1 Å². The van der Waals surface area contributed by atoms with Crippen molar-refractivity contribution < 1.29 is 9.90 Å². The highest BCUT2D eigenvalue weighted by Crippen LogP contribution is 2.37. The first-order valence-corrected chi connectivity index (χ1v) is 13.4. The van der Waals surface area contributed by atoms with Crippen LogP contribution >= 0.6 is 11.6 Å². The summed E-state index contributed by atoms with van der Waals surface area (Å²) in [7, 11) is 2.12. The maximum Gasteiger partial charge on any atom is 0.259 e. The molecule has 3 aliphatic heterocycles. The van der Waals surface area contributed by atoms with Gasteiger partial charge in [-0.15, -0.1) is 0 Å². The van der Waals surface area contributed by atoms with E-state index in [9.17, 15) is 14.7 Å². The van der Waals surface area contributed by atoms with Crippen molar-refractivity contribution in [1.82, 2.24) is 14.8 Å². The van der Waals surface area contributed by atoms with Crippen LogP contribution in [0.3, 0.4) is 0 Å². The Labute approximate surface area is 226 Å². The van der Waals surface area contributed by atoms with E-state index in [0.717, 1.165) is 48.3 Å². The summed E-state index contributed by atoms with van der Waals surface area (Å²) >= 11 is 6.06. The third-order valence-corrected chi connectivity index (χ3v) is 8.08. The zero-order valence-electron chi connectivity index (χ0n) is 21.2. The molecule has 9 heteroatoms. The number of amides is 1. The van der Waals surface area contributed by atoms with E-state index in [1.54, 1.807) is 30.5 Å². The Hall–Kier alpha value is -3.46. The van der Waals surface area contributed by atoms with Crippen molar-refractivity contribution in [2.45, 2.75) is 38.0 Å². The molecule has 3 aliphatic rings. The van der Waals surface area contributed by atoms with Gasteiger partial charge in [-0.3, -0.25) is 14.6 Å². The minimum absolute atomic E-state index is 0.0979. The van der Waals surface area contributed by atoms with Crippen LogP contribution in [-0.2, 0) is 13.0 Å². The molecule has 0 radical (unpaired) electrons. The van der Waals surface area contributed by atoms with E-state index in [-0.39, 0.29) is 24.1 Å². The van der Waals surface area contributed by atoms with Gasteiger partial charge in [0.2, 0.25) is 0 Å². The van der Waals surface area contributed by atoms with Crippen LogP contribution in [0.15, 0.2) is 58.4 Å². The van der Waals surface area contributed by atoms with Gasteiger partial charge >= 0.3 is 0 Å². The van der Waals surface area contributed by atoms with E-state index >= 15 is 0 Å². The SMILES string of the molecule is CN1CCC(N2Cc3cc4c(cc3C2=O)CC(c2c(NC[C@@H](O)c3cccc(Cl)c3)cc[nH]c2=O)=N4)CC1. The number of rotatable bonds is 6. The topological polar surface area (TPSA) is 101 Å². The Bertz CT molecular complexity index is 1490. The number of aromatic nitrogens is 1. The van der Waals surface area contributed by atoms with E-state index < -0.39 is 6.10 Å². The first-order chi connectivity index (χ1) is 18.4. The Balaban J connectivity index is 1.22. The minimum Gasteiger partial charge on any atom is -0.387 e. The molecule has 6 rings (SSSR count). The fraction of sp³-hybridized carbons (Fsp3) is 0.345. The zero-order chi connectivity index (χ0) is 26.4. The fourth-order valence-corrected chi connectivity index (χ4v) is 5.92. The maximum atomic E-state index is 13.3. The highest BCUT2D eigenvalue weighted by molar-refractivity contribution is 6.30. The lowest BCUT2D eigenvalue weighted by molar-refractivity contribution is 0.0617. The number of likely N-dealkylation sites (tertiary alicyclic amines) is 1. The highest BCUT2D eigenvalue weighted by Gasteiger charge is 2.35. The van der Waals surface area contributed by atoms with E-state index in [0.29, 0.717) is 40.5 Å². The van der Waals surface area contributed by atoms with Gasteiger partial charge in [-0.1, -0.05) is 23.7 Å². The summed E-state index contributed by atoms with van der Waals surface area (Å²) in [6, 6.07) is 13.1. The first-order valence-electron chi connectivity index (χ1n) is 13.0. The number of aliphatic hydroxyl groups is 1. The molecule has 196 valence electrons. The van der Waals surface area contributed by atoms with Crippen LogP contribution < -0.4 is 10.9 Å². The second kappa shape index (κ2) is 10.0. The van der Waals surface area contributed by atoms with Crippen molar-refractivity contribution in [3.05, 3.63) is 91.9 Å². The average Bonchev–Trinajstić information content (AvgIpc) is 3.46. The molecule has 1 fully saturated rings. The number of piperidine rings is 1. The normalized spacial score (nSPS) is 18.3. The van der Waals surface area contributed by atoms with Crippen molar-refractivity contribution in [2.24, 2.45) is 4.99 Å². The number of pyridine rings is 1. The molecule has 1 aromatic heterocycles. The van der Waals surface area contributed by atoms with Gasteiger partial charge in [0.25, 0.3) is 11.5 Å². The van der Waals surface area contributed by atoms with E-state index in [4.69, 9.17) is 16.6 Å². The van der Waals surface area contributed by atoms with Gasteiger partial charge in [0, 0.05) is 42.3 Å². The molecule has 0 bridgehead atoms. The lowest BCUT2D eigenvalue weighted by Crippen LogP contribution is -2.43. The Kier molecular flexibility index (Phi) is 6.55. The number of hydrogen-bond acceptors (Lipinski definition) is 6. The van der Waals surface area contributed by atoms with Gasteiger partial charge in [-0.2, -0.15) is 0 Å². The van der Waals surface area contributed by atoms with Gasteiger partial charge in [0.15, 0.2) is 0 Å². The van der Waals surface area contributed by atoms with Crippen LogP contribution in [0.25, 0.3) is 0 Å². The number of H-pyrrole nitrogens is 1. The van der Waals surface area contributed by atoms with Crippen LogP contribution in [0, 0.1) is 0 Å². The molecule has 1 atom stereocenters. The molecule has 3 aromatic rings. The molecule has 2 aromatic carbocycles. The van der Waals surface area contributed by atoms with Crippen LogP contribution in [-0.4, -0.2) is 64.2 Å².